The van der Waals surface area contributed by atoms with Gasteiger partial charge in [-0.1, -0.05) is 6.07 Å². The zero-order valence-corrected chi connectivity index (χ0v) is 24.2. The zero-order chi connectivity index (χ0) is 31.6. The van der Waals surface area contributed by atoms with Crippen LogP contribution < -0.4 is 15.4 Å². The molecule has 0 aliphatic carbocycles. The van der Waals surface area contributed by atoms with Gasteiger partial charge in [-0.25, -0.2) is 13.2 Å². The summed E-state index contributed by atoms with van der Waals surface area (Å²) >= 11 is 0.683. The Kier molecular flexibility index (Phi) is 9.53. The van der Waals surface area contributed by atoms with Gasteiger partial charge in [0.25, 0.3) is 0 Å². The number of ether oxygens (including phenoxy) is 1. The fourth-order valence-electron chi connectivity index (χ4n) is 4.93. The second-order valence-electron chi connectivity index (χ2n) is 9.74. The van der Waals surface area contributed by atoms with Crippen LogP contribution in [0.15, 0.2) is 18.2 Å². The normalized spacial score (nSPS) is 15.4. The molecule has 3 heterocycles. The highest BCUT2D eigenvalue weighted by Gasteiger charge is 2.38. The molecule has 2 aromatic heterocycles. The molecule has 1 aliphatic heterocycles. The number of aliphatic hydroxyl groups excluding tert-OH is 1. The average molecular weight is 627 g/mol. The number of aliphatic hydroxyl groups is 1. The van der Waals surface area contributed by atoms with Gasteiger partial charge in [-0.05, 0) is 38.1 Å². The molecular weight excluding hydrogens is 598 g/mol. The standard InChI is InChI=1S/C23H18F5N5O2S.C5H10FN/c1-3-33(6-7-34)21-11-8-13(23(26,27)28)16(17(25)18(11)31-22(32-21)35-2)10-4-5-14(24)19-15(10)12(9-29)20(30)36-19;1-7-3-2-5(6)4-7/h4-5,8,34H,3,6-7,30H2,1-2H3;5H,2-4H2,1H3. The number of nitrogens with two attached hydrogens (primary N) is 1. The Morgan fingerprint density at radius 1 is 1.28 bits per heavy atom. The first-order chi connectivity index (χ1) is 20.4. The molecule has 43 heavy (non-hydrogen) atoms. The molecule has 0 amide bonds. The van der Waals surface area contributed by atoms with Gasteiger partial charge < -0.3 is 25.4 Å². The summed E-state index contributed by atoms with van der Waals surface area (Å²) in [6.45, 7) is 3.17. The van der Waals surface area contributed by atoms with E-state index in [-0.39, 0.29) is 63.1 Å². The smallest absolute Gasteiger partial charge is 0.417 e. The van der Waals surface area contributed by atoms with Crippen LogP contribution in [0.25, 0.3) is 32.1 Å². The molecule has 0 bridgehead atoms. The maximum atomic E-state index is 16.1. The molecular formula is C28H28F6N6O2S. The Bertz CT molecular complexity index is 1680. The molecule has 8 nitrogen and oxygen atoms in total. The molecule has 1 aliphatic rings. The number of hydrogen-bond acceptors (Lipinski definition) is 9. The third-order valence-electron chi connectivity index (χ3n) is 6.96. The molecule has 2 aromatic carbocycles. The van der Waals surface area contributed by atoms with Crippen LogP contribution in [0, 0.1) is 23.0 Å². The van der Waals surface area contributed by atoms with Crippen molar-refractivity contribution in [2.75, 3.05) is 57.6 Å². The molecule has 0 spiro atoms. The van der Waals surface area contributed by atoms with Crippen molar-refractivity contribution in [1.82, 2.24) is 14.9 Å². The Labute approximate surface area is 246 Å². The fraction of sp³-hybridized carbons (Fsp3) is 0.393. The highest BCUT2D eigenvalue weighted by atomic mass is 32.1. The highest BCUT2D eigenvalue weighted by Crippen LogP contribution is 2.47. The van der Waals surface area contributed by atoms with Crippen LogP contribution in [0.4, 0.5) is 37.2 Å². The number of thiophene rings is 1. The van der Waals surface area contributed by atoms with Gasteiger partial charge >= 0.3 is 12.2 Å². The lowest BCUT2D eigenvalue weighted by molar-refractivity contribution is -0.137. The first-order valence-corrected chi connectivity index (χ1v) is 13.9. The number of nitrogens with zero attached hydrogens (tertiary/aromatic N) is 5. The molecule has 1 unspecified atom stereocenters. The second kappa shape index (κ2) is 12.8. The van der Waals surface area contributed by atoms with Crippen molar-refractivity contribution in [3.63, 3.8) is 0 Å². The number of likely N-dealkylation sites (tertiary alicyclic amines) is 1. The number of aromatic nitrogens is 2. The van der Waals surface area contributed by atoms with Crippen LogP contribution >= 0.6 is 11.3 Å². The van der Waals surface area contributed by atoms with Gasteiger partial charge in [-0.15, -0.1) is 11.3 Å². The molecule has 1 fully saturated rings. The molecule has 1 atom stereocenters. The lowest BCUT2D eigenvalue weighted by atomic mass is 9.92. The number of hydrogen-bond donors (Lipinski definition) is 2. The molecule has 230 valence electrons. The van der Waals surface area contributed by atoms with E-state index in [0.29, 0.717) is 23.9 Å². The summed E-state index contributed by atoms with van der Waals surface area (Å²) in [5, 5.41) is 18.4. The van der Waals surface area contributed by atoms with Crippen molar-refractivity contribution in [1.29, 1.82) is 5.26 Å². The van der Waals surface area contributed by atoms with Crippen molar-refractivity contribution >= 4 is 43.1 Å². The Balaban J connectivity index is 0.000000530. The number of halogens is 6. The minimum atomic E-state index is -5.05. The number of anilines is 2. The quantitative estimate of drug-likeness (QED) is 0.261. The van der Waals surface area contributed by atoms with E-state index < -0.39 is 40.6 Å². The summed E-state index contributed by atoms with van der Waals surface area (Å²) in [7, 11) is 3.16. The monoisotopic (exact) mass is 626 g/mol. The number of benzene rings is 2. The van der Waals surface area contributed by atoms with Crippen LogP contribution in [0.1, 0.15) is 24.5 Å². The summed E-state index contributed by atoms with van der Waals surface area (Å²) in [5.41, 5.74) is 2.45. The van der Waals surface area contributed by atoms with E-state index in [2.05, 4.69) is 9.97 Å². The van der Waals surface area contributed by atoms with Gasteiger partial charge in [0.1, 0.15) is 34.4 Å². The summed E-state index contributed by atoms with van der Waals surface area (Å²) in [4.78, 5) is 11.5. The van der Waals surface area contributed by atoms with Crippen LogP contribution in [-0.2, 0) is 6.18 Å². The topological polar surface area (TPSA) is 112 Å². The number of nitriles is 1. The summed E-state index contributed by atoms with van der Waals surface area (Å²) < 4.78 is 90.8. The van der Waals surface area contributed by atoms with Gasteiger partial charge in [0.05, 0.1) is 29.5 Å². The number of rotatable bonds is 6. The Morgan fingerprint density at radius 2 is 2.00 bits per heavy atom. The highest BCUT2D eigenvalue weighted by molar-refractivity contribution is 7.23. The maximum Gasteiger partial charge on any atom is 0.417 e. The maximum absolute atomic E-state index is 16.1. The molecule has 0 saturated carbocycles. The van der Waals surface area contributed by atoms with Crippen molar-refractivity contribution < 1.29 is 36.2 Å². The largest absolute Gasteiger partial charge is 0.467 e. The van der Waals surface area contributed by atoms with Crippen molar-refractivity contribution in [2.24, 2.45) is 0 Å². The number of fused-ring (bicyclic) bond motifs is 2. The molecule has 1 saturated heterocycles. The Hall–Kier alpha value is -3.87. The van der Waals surface area contributed by atoms with E-state index >= 15 is 4.39 Å². The molecule has 0 radical (unpaired) electrons. The minimum absolute atomic E-state index is 0.00871. The summed E-state index contributed by atoms with van der Waals surface area (Å²) in [6.07, 6.45) is -4.87. The first-order valence-electron chi connectivity index (χ1n) is 13.1. The summed E-state index contributed by atoms with van der Waals surface area (Å²) in [5.74, 6) is -2.23. The zero-order valence-electron chi connectivity index (χ0n) is 23.4. The van der Waals surface area contributed by atoms with E-state index in [1.165, 1.54) is 12.0 Å². The SMILES string of the molecule is CCN(CCO)c1nc(OC)nc2c(F)c(-c3ccc(F)c4sc(N)c(C#N)c34)c(C(F)(F)F)cc12.CN1CCC(F)C1. The number of alkyl halides is 4. The Morgan fingerprint density at radius 3 is 2.51 bits per heavy atom. The lowest BCUT2D eigenvalue weighted by Gasteiger charge is -2.24. The van der Waals surface area contributed by atoms with E-state index in [4.69, 9.17) is 10.5 Å². The van der Waals surface area contributed by atoms with E-state index in [0.717, 1.165) is 25.1 Å². The molecule has 4 aromatic rings. The van der Waals surface area contributed by atoms with Crippen LogP contribution in [0.3, 0.4) is 0 Å². The van der Waals surface area contributed by atoms with Crippen molar-refractivity contribution in [3.05, 3.63) is 41.0 Å². The number of methoxy groups -OCH3 is 1. The van der Waals surface area contributed by atoms with E-state index in [1.807, 2.05) is 11.9 Å². The molecule has 3 N–H and O–H groups in total. The predicted molar refractivity (Wildman–Crippen MR) is 153 cm³/mol. The fourth-order valence-corrected chi connectivity index (χ4v) is 5.88. The average Bonchev–Trinajstić information content (AvgIpc) is 3.52. The third-order valence-corrected chi connectivity index (χ3v) is 7.99. The van der Waals surface area contributed by atoms with Gasteiger partial charge in [0, 0.05) is 42.5 Å². The minimum Gasteiger partial charge on any atom is -0.467 e. The number of likely N-dealkylation sites (N-methyl/N-ethyl adjacent to an activating group) is 1. The van der Waals surface area contributed by atoms with Gasteiger partial charge in [0.15, 0.2) is 5.82 Å². The van der Waals surface area contributed by atoms with E-state index in [9.17, 15) is 32.3 Å². The van der Waals surface area contributed by atoms with Gasteiger partial charge in [-0.3, -0.25) is 0 Å². The third kappa shape index (κ3) is 6.27. The first kappa shape index (κ1) is 32.1. The van der Waals surface area contributed by atoms with Gasteiger partial charge in [0.2, 0.25) is 0 Å². The van der Waals surface area contributed by atoms with Crippen molar-refractivity contribution in [2.45, 2.75) is 25.7 Å². The predicted octanol–water partition coefficient (Wildman–Crippen LogP) is 5.75. The molecule has 5 rings (SSSR count). The van der Waals surface area contributed by atoms with Crippen molar-refractivity contribution in [3.8, 4) is 23.2 Å². The van der Waals surface area contributed by atoms with E-state index in [1.54, 1.807) is 13.0 Å². The van der Waals surface area contributed by atoms with Gasteiger partial charge in [-0.2, -0.15) is 28.4 Å². The van der Waals surface area contributed by atoms with Crippen LogP contribution in [0.5, 0.6) is 6.01 Å². The van der Waals surface area contributed by atoms with Crippen LogP contribution in [0.2, 0.25) is 0 Å². The van der Waals surface area contributed by atoms with Crippen LogP contribution in [-0.4, -0.2) is 73.1 Å². The second-order valence-corrected chi connectivity index (χ2v) is 10.8. The number of nitrogen functional groups attached to an aromatic ring is 1. The lowest BCUT2D eigenvalue weighted by Crippen LogP contribution is -2.27. The molecule has 15 heteroatoms. The summed E-state index contributed by atoms with van der Waals surface area (Å²) in [6, 6.07) is 4.05.